The lowest BCUT2D eigenvalue weighted by atomic mass is 9.80. The van der Waals surface area contributed by atoms with Gasteiger partial charge in [-0.2, -0.15) is 13.2 Å². The van der Waals surface area contributed by atoms with Crippen LogP contribution in [0.3, 0.4) is 0 Å². The predicted molar refractivity (Wildman–Crippen MR) is 66.2 cm³/mol. The van der Waals surface area contributed by atoms with Crippen LogP contribution in [0.15, 0.2) is 18.2 Å². The average molecular weight is 285 g/mol. The summed E-state index contributed by atoms with van der Waals surface area (Å²) in [6.07, 6.45) is -2.23. The molecule has 0 saturated heterocycles. The molecular formula is C14H14F3NO2. The van der Waals surface area contributed by atoms with Crippen molar-refractivity contribution < 1.29 is 22.8 Å². The summed E-state index contributed by atoms with van der Waals surface area (Å²) in [4.78, 5) is 23.3. The average Bonchev–Trinajstić information content (AvgIpc) is 2.37. The van der Waals surface area contributed by atoms with E-state index in [1.165, 1.54) is 0 Å². The number of alkyl halides is 3. The molecule has 1 amide bonds. The molecule has 20 heavy (non-hydrogen) atoms. The molecule has 1 aliphatic rings. The van der Waals surface area contributed by atoms with E-state index in [2.05, 4.69) is 0 Å². The maximum atomic E-state index is 12.8. The molecule has 1 aromatic carbocycles. The van der Waals surface area contributed by atoms with Crippen LogP contribution >= 0.6 is 0 Å². The molecule has 2 rings (SSSR count). The second-order valence-electron chi connectivity index (χ2n) is 4.93. The number of primary amides is 1. The molecule has 1 saturated carbocycles. The molecule has 3 nitrogen and oxygen atoms in total. The molecule has 1 aromatic rings. The number of Topliss-reactive ketones (excluding diaryl/α,β-unsaturated/α-hetero) is 1. The number of nitrogens with two attached hydrogens (primary N) is 1. The van der Waals surface area contributed by atoms with E-state index in [-0.39, 0.29) is 16.9 Å². The number of rotatable bonds is 2. The van der Waals surface area contributed by atoms with Crippen molar-refractivity contribution in [2.45, 2.75) is 37.8 Å². The fourth-order valence-electron chi connectivity index (χ4n) is 2.56. The van der Waals surface area contributed by atoms with Gasteiger partial charge in [0, 0.05) is 17.9 Å². The molecule has 1 aliphatic carbocycles. The third-order valence-electron chi connectivity index (χ3n) is 3.57. The lowest BCUT2D eigenvalue weighted by Gasteiger charge is -2.23. The Morgan fingerprint density at radius 2 is 1.95 bits per heavy atom. The van der Waals surface area contributed by atoms with Crippen molar-refractivity contribution in [1.82, 2.24) is 0 Å². The molecule has 0 radical (unpaired) electrons. The zero-order chi connectivity index (χ0) is 14.9. The molecular weight excluding hydrogens is 271 g/mol. The van der Waals surface area contributed by atoms with Crippen molar-refractivity contribution in [3.05, 3.63) is 34.9 Å². The fourth-order valence-corrected chi connectivity index (χ4v) is 2.56. The number of ketones is 1. The zero-order valence-electron chi connectivity index (χ0n) is 10.7. The highest BCUT2D eigenvalue weighted by atomic mass is 19.4. The van der Waals surface area contributed by atoms with Crippen LogP contribution in [-0.4, -0.2) is 11.7 Å². The van der Waals surface area contributed by atoms with Crippen LogP contribution in [0, 0.1) is 0 Å². The predicted octanol–water partition coefficient (Wildman–Crippen LogP) is 3.03. The Bertz CT molecular complexity index is 552. The molecule has 0 bridgehead atoms. The lowest BCUT2D eigenvalue weighted by Crippen LogP contribution is -2.23. The smallest absolute Gasteiger partial charge is 0.366 e. The second kappa shape index (κ2) is 5.26. The van der Waals surface area contributed by atoms with Crippen LogP contribution in [0.25, 0.3) is 0 Å². The Morgan fingerprint density at radius 1 is 1.25 bits per heavy atom. The molecule has 1 unspecified atom stereocenters. The number of carbonyl (C=O) groups excluding carboxylic acids is 2. The summed E-state index contributed by atoms with van der Waals surface area (Å²) in [5.41, 5.74) is 4.44. The third kappa shape index (κ3) is 2.84. The molecule has 0 heterocycles. The maximum absolute atomic E-state index is 12.8. The van der Waals surface area contributed by atoms with Crippen LogP contribution in [0.4, 0.5) is 13.2 Å². The fraction of sp³-hybridized carbons (Fsp3) is 0.429. The minimum atomic E-state index is -4.51. The van der Waals surface area contributed by atoms with E-state index < -0.39 is 23.6 Å². The Kier molecular flexibility index (Phi) is 3.83. The first-order chi connectivity index (χ1) is 9.30. The molecule has 1 atom stereocenters. The van der Waals surface area contributed by atoms with Crippen molar-refractivity contribution in [2.75, 3.05) is 0 Å². The Hall–Kier alpha value is -1.85. The number of halogens is 3. The molecule has 1 fully saturated rings. The van der Waals surface area contributed by atoms with E-state index in [0.717, 1.165) is 31.0 Å². The largest absolute Gasteiger partial charge is 0.416 e. The highest BCUT2D eigenvalue weighted by Crippen LogP contribution is 2.36. The summed E-state index contributed by atoms with van der Waals surface area (Å²) in [5, 5.41) is 0. The topological polar surface area (TPSA) is 60.2 Å². The standard InChI is InChI=1S/C14H14F3NO2/c15-14(16,17)8-5-6-10(13(18)20)11(7-8)9-3-1-2-4-12(9)19/h5-7,9H,1-4H2,(H2,18,20). The van der Waals surface area contributed by atoms with Crippen molar-refractivity contribution in [1.29, 1.82) is 0 Å². The van der Waals surface area contributed by atoms with Gasteiger partial charge in [0.2, 0.25) is 5.91 Å². The van der Waals surface area contributed by atoms with Gasteiger partial charge in [-0.3, -0.25) is 9.59 Å². The molecule has 0 aliphatic heterocycles. The van der Waals surface area contributed by atoms with Crippen LogP contribution in [0.2, 0.25) is 0 Å². The van der Waals surface area contributed by atoms with Crippen molar-refractivity contribution in [3.8, 4) is 0 Å². The van der Waals surface area contributed by atoms with Gasteiger partial charge in [0.15, 0.2) is 0 Å². The van der Waals surface area contributed by atoms with Gasteiger partial charge < -0.3 is 5.73 Å². The Balaban J connectivity index is 2.52. The van der Waals surface area contributed by atoms with Crippen molar-refractivity contribution >= 4 is 11.7 Å². The number of hydrogen-bond donors (Lipinski definition) is 1. The minimum absolute atomic E-state index is 0.00162. The van der Waals surface area contributed by atoms with E-state index in [4.69, 9.17) is 5.73 Å². The first-order valence-electron chi connectivity index (χ1n) is 6.34. The summed E-state index contributed by atoms with van der Waals surface area (Å²) >= 11 is 0. The van der Waals surface area contributed by atoms with E-state index >= 15 is 0 Å². The quantitative estimate of drug-likeness (QED) is 0.908. The van der Waals surface area contributed by atoms with E-state index in [0.29, 0.717) is 12.8 Å². The van der Waals surface area contributed by atoms with E-state index in [9.17, 15) is 22.8 Å². The van der Waals surface area contributed by atoms with Gasteiger partial charge in [0.05, 0.1) is 5.56 Å². The summed E-state index contributed by atoms with van der Waals surface area (Å²) in [5.74, 6) is -1.60. The lowest BCUT2D eigenvalue weighted by molar-refractivity contribution is -0.137. The summed E-state index contributed by atoms with van der Waals surface area (Å²) < 4.78 is 38.3. The molecule has 108 valence electrons. The monoisotopic (exact) mass is 285 g/mol. The minimum Gasteiger partial charge on any atom is -0.366 e. The van der Waals surface area contributed by atoms with Gasteiger partial charge in [0.1, 0.15) is 5.78 Å². The zero-order valence-corrected chi connectivity index (χ0v) is 10.7. The maximum Gasteiger partial charge on any atom is 0.416 e. The van der Waals surface area contributed by atoms with Gasteiger partial charge in [-0.15, -0.1) is 0 Å². The van der Waals surface area contributed by atoms with Crippen molar-refractivity contribution in [2.24, 2.45) is 5.73 Å². The summed E-state index contributed by atoms with van der Waals surface area (Å²) in [7, 11) is 0. The number of carbonyl (C=O) groups is 2. The summed E-state index contributed by atoms with van der Waals surface area (Å²) in [6, 6.07) is 2.76. The number of amides is 1. The van der Waals surface area contributed by atoms with Gasteiger partial charge in [-0.05, 0) is 36.6 Å². The molecule has 6 heteroatoms. The first kappa shape index (κ1) is 14.6. The van der Waals surface area contributed by atoms with E-state index in [1.807, 2.05) is 0 Å². The van der Waals surface area contributed by atoms with Gasteiger partial charge >= 0.3 is 6.18 Å². The number of benzene rings is 1. The highest BCUT2D eigenvalue weighted by molar-refractivity contribution is 5.97. The number of hydrogen-bond acceptors (Lipinski definition) is 2. The molecule has 2 N–H and O–H groups in total. The van der Waals surface area contributed by atoms with Crippen molar-refractivity contribution in [3.63, 3.8) is 0 Å². The second-order valence-corrected chi connectivity index (χ2v) is 4.93. The van der Waals surface area contributed by atoms with Gasteiger partial charge in [-0.25, -0.2) is 0 Å². The van der Waals surface area contributed by atoms with Gasteiger partial charge in [0.25, 0.3) is 0 Å². The van der Waals surface area contributed by atoms with Gasteiger partial charge in [-0.1, -0.05) is 6.42 Å². The summed E-state index contributed by atoms with van der Waals surface area (Å²) in [6.45, 7) is 0. The van der Waals surface area contributed by atoms with E-state index in [1.54, 1.807) is 0 Å². The molecule has 0 aromatic heterocycles. The first-order valence-corrected chi connectivity index (χ1v) is 6.34. The highest BCUT2D eigenvalue weighted by Gasteiger charge is 2.34. The Labute approximate surface area is 114 Å². The molecule has 0 spiro atoms. The Morgan fingerprint density at radius 3 is 2.50 bits per heavy atom. The van der Waals surface area contributed by atoms with Crippen LogP contribution < -0.4 is 5.73 Å². The third-order valence-corrected chi connectivity index (χ3v) is 3.57. The van der Waals surface area contributed by atoms with Crippen LogP contribution in [-0.2, 0) is 11.0 Å². The normalized spacial score (nSPS) is 19.9. The van der Waals surface area contributed by atoms with Crippen LogP contribution in [0.1, 0.15) is 53.1 Å². The SMILES string of the molecule is NC(=O)c1ccc(C(F)(F)F)cc1C1CCCCC1=O. The van der Waals surface area contributed by atoms with Crippen LogP contribution in [0.5, 0.6) is 0 Å².